The van der Waals surface area contributed by atoms with Crippen LogP contribution in [0.4, 0.5) is 5.69 Å². The second-order valence-corrected chi connectivity index (χ2v) is 5.76. The Bertz CT molecular complexity index is 423. The van der Waals surface area contributed by atoms with Crippen molar-refractivity contribution in [1.29, 1.82) is 0 Å². The van der Waals surface area contributed by atoms with Crippen LogP contribution in [0.1, 0.15) is 44.2 Å². The highest BCUT2D eigenvalue weighted by Crippen LogP contribution is 2.34. The Hall–Kier alpha value is -0.770. The predicted molar refractivity (Wildman–Crippen MR) is 80.7 cm³/mol. The van der Waals surface area contributed by atoms with Crippen LogP contribution in [0.15, 0.2) is 18.2 Å². The number of hydrogen-bond acceptors (Lipinski definition) is 3. The molecule has 1 saturated heterocycles. The number of aliphatic hydroxyl groups excluding tert-OH is 1. The van der Waals surface area contributed by atoms with E-state index in [1.165, 1.54) is 12.8 Å². The Labute approximate surface area is 120 Å². The van der Waals surface area contributed by atoms with E-state index < -0.39 is 0 Å². The Kier molecular flexibility index (Phi) is 5.08. The van der Waals surface area contributed by atoms with Crippen molar-refractivity contribution in [3.63, 3.8) is 0 Å². The molecule has 3 N–H and O–H groups in total. The second kappa shape index (κ2) is 6.60. The monoisotopic (exact) mass is 282 g/mol. The van der Waals surface area contributed by atoms with Crippen molar-refractivity contribution in [1.82, 2.24) is 0 Å². The Morgan fingerprint density at radius 1 is 1.53 bits per heavy atom. The third kappa shape index (κ3) is 3.41. The van der Waals surface area contributed by atoms with E-state index in [2.05, 4.69) is 17.0 Å². The van der Waals surface area contributed by atoms with E-state index in [4.69, 9.17) is 22.4 Å². The summed E-state index contributed by atoms with van der Waals surface area (Å²) in [5, 5.41) is 9.76. The minimum Gasteiger partial charge on any atom is -0.396 e. The van der Waals surface area contributed by atoms with Crippen LogP contribution in [-0.2, 0) is 0 Å². The van der Waals surface area contributed by atoms with E-state index in [-0.39, 0.29) is 12.6 Å². The van der Waals surface area contributed by atoms with Crippen LogP contribution in [0, 0.1) is 0 Å². The van der Waals surface area contributed by atoms with Crippen molar-refractivity contribution >= 4 is 17.3 Å². The van der Waals surface area contributed by atoms with Gasteiger partial charge in [-0.25, -0.2) is 0 Å². The lowest BCUT2D eigenvalue weighted by Gasteiger charge is -2.28. The smallest absolute Gasteiger partial charge is 0.0642 e. The third-order valence-corrected chi connectivity index (χ3v) is 4.18. The van der Waals surface area contributed by atoms with Gasteiger partial charge in [-0.05, 0) is 50.3 Å². The van der Waals surface area contributed by atoms with Crippen LogP contribution in [-0.4, -0.2) is 24.3 Å². The Morgan fingerprint density at radius 2 is 2.32 bits per heavy atom. The zero-order chi connectivity index (χ0) is 13.8. The van der Waals surface area contributed by atoms with E-state index >= 15 is 0 Å². The number of aliphatic hydroxyl groups is 1. The molecule has 0 radical (unpaired) electrons. The maximum atomic E-state index is 8.98. The topological polar surface area (TPSA) is 49.5 Å². The number of hydrogen-bond donors (Lipinski definition) is 2. The lowest BCUT2D eigenvalue weighted by Crippen LogP contribution is -2.29. The Balaban J connectivity index is 2.16. The SMILES string of the molecule is C[C@H](N)c1ccc(N2CCCC2CCCO)c(Cl)c1. The summed E-state index contributed by atoms with van der Waals surface area (Å²) < 4.78 is 0. The first kappa shape index (κ1) is 14.6. The number of rotatable bonds is 5. The van der Waals surface area contributed by atoms with Gasteiger partial charge in [-0.3, -0.25) is 0 Å². The van der Waals surface area contributed by atoms with Gasteiger partial charge in [0, 0.05) is 25.2 Å². The van der Waals surface area contributed by atoms with Crippen LogP contribution in [0.25, 0.3) is 0 Å². The summed E-state index contributed by atoms with van der Waals surface area (Å²) in [6, 6.07) is 6.63. The van der Waals surface area contributed by atoms with Gasteiger partial charge < -0.3 is 15.7 Å². The van der Waals surface area contributed by atoms with Gasteiger partial charge in [-0.1, -0.05) is 17.7 Å². The van der Waals surface area contributed by atoms with Crippen molar-refractivity contribution in [2.75, 3.05) is 18.1 Å². The van der Waals surface area contributed by atoms with Crippen LogP contribution < -0.4 is 10.6 Å². The van der Waals surface area contributed by atoms with Gasteiger partial charge >= 0.3 is 0 Å². The fourth-order valence-electron chi connectivity index (χ4n) is 2.82. The molecule has 0 amide bonds. The summed E-state index contributed by atoms with van der Waals surface area (Å²) in [4.78, 5) is 2.38. The van der Waals surface area contributed by atoms with Crippen LogP contribution in [0.5, 0.6) is 0 Å². The first-order valence-corrected chi connectivity index (χ1v) is 7.44. The molecule has 2 rings (SSSR count). The molecule has 19 heavy (non-hydrogen) atoms. The standard InChI is InChI=1S/C15H23ClN2O/c1-11(17)12-6-7-15(14(16)10-12)18-8-2-4-13(18)5-3-9-19/h6-7,10-11,13,19H,2-5,8-9,17H2,1H3/t11-,13?/m0/s1. The zero-order valence-corrected chi connectivity index (χ0v) is 12.2. The number of benzene rings is 1. The average Bonchev–Trinajstić information content (AvgIpc) is 2.84. The third-order valence-electron chi connectivity index (χ3n) is 3.88. The number of nitrogens with two attached hydrogens (primary N) is 1. The fraction of sp³-hybridized carbons (Fsp3) is 0.600. The molecule has 3 nitrogen and oxygen atoms in total. The minimum atomic E-state index is 0.00955. The van der Waals surface area contributed by atoms with E-state index in [0.717, 1.165) is 35.7 Å². The van der Waals surface area contributed by atoms with Gasteiger partial charge in [0.15, 0.2) is 0 Å². The molecule has 0 saturated carbocycles. The highest BCUT2D eigenvalue weighted by Gasteiger charge is 2.25. The molecule has 0 aromatic heterocycles. The van der Waals surface area contributed by atoms with Gasteiger partial charge in [0.1, 0.15) is 0 Å². The largest absolute Gasteiger partial charge is 0.396 e. The molecule has 1 aliphatic heterocycles. The summed E-state index contributed by atoms with van der Waals surface area (Å²) in [6.45, 7) is 3.28. The van der Waals surface area contributed by atoms with Crippen molar-refractivity contribution in [2.24, 2.45) is 5.73 Å². The van der Waals surface area contributed by atoms with Gasteiger partial charge in [-0.2, -0.15) is 0 Å². The fourth-order valence-corrected chi connectivity index (χ4v) is 3.12. The maximum Gasteiger partial charge on any atom is 0.0642 e. The molecule has 1 unspecified atom stereocenters. The molecule has 0 spiro atoms. The average molecular weight is 283 g/mol. The van der Waals surface area contributed by atoms with Gasteiger partial charge in [0.05, 0.1) is 10.7 Å². The number of nitrogens with zero attached hydrogens (tertiary/aromatic N) is 1. The van der Waals surface area contributed by atoms with Crippen molar-refractivity contribution in [3.05, 3.63) is 28.8 Å². The molecule has 106 valence electrons. The van der Waals surface area contributed by atoms with E-state index in [0.29, 0.717) is 6.04 Å². The quantitative estimate of drug-likeness (QED) is 0.872. The first-order chi connectivity index (χ1) is 9.13. The van der Waals surface area contributed by atoms with Crippen molar-refractivity contribution in [2.45, 2.75) is 44.7 Å². The van der Waals surface area contributed by atoms with Gasteiger partial charge in [-0.15, -0.1) is 0 Å². The van der Waals surface area contributed by atoms with E-state index in [9.17, 15) is 0 Å². The zero-order valence-electron chi connectivity index (χ0n) is 11.5. The molecule has 2 atom stereocenters. The number of halogens is 1. The molecule has 1 aliphatic rings. The molecular formula is C15H23ClN2O. The molecule has 4 heteroatoms. The molecule has 1 heterocycles. The summed E-state index contributed by atoms with van der Waals surface area (Å²) in [5.74, 6) is 0. The first-order valence-electron chi connectivity index (χ1n) is 7.06. The van der Waals surface area contributed by atoms with E-state index in [1.807, 2.05) is 13.0 Å². The van der Waals surface area contributed by atoms with Crippen LogP contribution in [0.3, 0.4) is 0 Å². The summed E-state index contributed by atoms with van der Waals surface area (Å²) in [7, 11) is 0. The molecular weight excluding hydrogens is 260 g/mol. The highest BCUT2D eigenvalue weighted by atomic mass is 35.5. The molecule has 0 aliphatic carbocycles. The van der Waals surface area contributed by atoms with Gasteiger partial charge in [0.25, 0.3) is 0 Å². The predicted octanol–water partition coefficient (Wildman–Crippen LogP) is 3.10. The lowest BCUT2D eigenvalue weighted by molar-refractivity contribution is 0.279. The van der Waals surface area contributed by atoms with Crippen LogP contribution in [0.2, 0.25) is 5.02 Å². The van der Waals surface area contributed by atoms with Crippen molar-refractivity contribution < 1.29 is 5.11 Å². The second-order valence-electron chi connectivity index (χ2n) is 5.35. The lowest BCUT2D eigenvalue weighted by atomic mass is 10.1. The molecule has 1 aromatic rings. The van der Waals surface area contributed by atoms with Crippen molar-refractivity contribution in [3.8, 4) is 0 Å². The summed E-state index contributed by atoms with van der Waals surface area (Å²) >= 11 is 6.41. The molecule has 1 aromatic carbocycles. The maximum absolute atomic E-state index is 8.98. The Morgan fingerprint density at radius 3 is 2.95 bits per heavy atom. The van der Waals surface area contributed by atoms with Crippen LogP contribution >= 0.6 is 11.6 Å². The molecule has 1 fully saturated rings. The highest BCUT2D eigenvalue weighted by molar-refractivity contribution is 6.33. The normalized spacial score (nSPS) is 20.8. The minimum absolute atomic E-state index is 0.00955. The summed E-state index contributed by atoms with van der Waals surface area (Å²) in [5.41, 5.74) is 8.05. The molecule has 0 bridgehead atoms. The number of anilines is 1. The van der Waals surface area contributed by atoms with Gasteiger partial charge in [0.2, 0.25) is 0 Å². The van der Waals surface area contributed by atoms with E-state index in [1.54, 1.807) is 0 Å². The summed E-state index contributed by atoms with van der Waals surface area (Å²) in [6.07, 6.45) is 4.27.